The maximum atomic E-state index is 12.3. The smallest absolute Gasteiger partial charge is 0.290 e. The molecule has 0 radical (unpaired) electrons. The molecule has 2 N–H and O–H groups in total. The fourth-order valence-corrected chi connectivity index (χ4v) is 3.66. The Morgan fingerprint density at radius 1 is 1.21 bits per heavy atom. The monoisotopic (exact) mass is 460 g/mol. The Morgan fingerprint density at radius 3 is 2.68 bits per heavy atom. The number of aryl methyl sites for hydroxylation is 2. The Bertz CT molecular complexity index is 1000. The Balaban J connectivity index is 1.72. The molecule has 6 nitrogen and oxygen atoms in total. The summed E-state index contributed by atoms with van der Waals surface area (Å²) in [6.07, 6.45) is 1.56. The first-order valence-electron chi connectivity index (χ1n) is 8.36. The first-order valence-corrected chi connectivity index (χ1v) is 9.97. The minimum atomic E-state index is -0.450. The zero-order valence-corrected chi connectivity index (χ0v) is 17.6. The molecule has 0 atom stereocenters. The molecule has 1 aliphatic rings. The van der Waals surface area contributed by atoms with Gasteiger partial charge >= 0.3 is 0 Å². The van der Waals surface area contributed by atoms with Gasteiger partial charge in [-0.2, -0.15) is 0 Å². The fourth-order valence-electron chi connectivity index (χ4n) is 2.61. The second-order valence-electron chi connectivity index (χ2n) is 6.19. The number of hydrogen-bond donors (Lipinski definition) is 2. The third kappa shape index (κ3) is 5.02. The van der Waals surface area contributed by atoms with Gasteiger partial charge in [-0.1, -0.05) is 33.6 Å². The van der Waals surface area contributed by atoms with Gasteiger partial charge in [0, 0.05) is 15.7 Å². The molecule has 0 spiro atoms. The molecule has 3 rings (SSSR count). The van der Waals surface area contributed by atoms with E-state index in [1.54, 1.807) is 24.3 Å². The maximum Gasteiger partial charge on any atom is 0.290 e. The summed E-state index contributed by atoms with van der Waals surface area (Å²) in [5.74, 6) is -0.315. The van der Waals surface area contributed by atoms with Gasteiger partial charge in [-0.25, -0.2) is 0 Å². The number of nitrogens with one attached hydrogen (secondary N) is 2. The lowest BCUT2D eigenvalue weighted by molar-refractivity contribution is -0.118. The van der Waals surface area contributed by atoms with Gasteiger partial charge in [0.25, 0.3) is 17.1 Å². The minimum absolute atomic E-state index is 0.191. The van der Waals surface area contributed by atoms with Gasteiger partial charge < -0.3 is 10.1 Å². The Labute approximate surface area is 174 Å². The van der Waals surface area contributed by atoms with Crippen molar-refractivity contribution < 1.29 is 19.1 Å². The number of ether oxygens (including phenoxy) is 1. The molecule has 0 aliphatic carbocycles. The van der Waals surface area contributed by atoms with E-state index in [1.165, 1.54) is 0 Å². The number of amides is 3. The Hall–Kier alpha value is -2.58. The summed E-state index contributed by atoms with van der Waals surface area (Å²) in [5.41, 5.74) is 3.40. The quantitative estimate of drug-likeness (QED) is 0.645. The van der Waals surface area contributed by atoms with E-state index in [0.717, 1.165) is 33.0 Å². The van der Waals surface area contributed by atoms with Crippen molar-refractivity contribution in [2.75, 3.05) is 11.9 Å². The van der Waals surface area contributed by atoms with E-state index in [2.05, 4.69) is 26.6 Å². The van der Waals surface area contributed by atoms with E-state index in [9.17, 15) is 14.4 Å². The Morgan fingerprint density at radius 2 is 2.00 bits per heavy atom. The molecule has 28 heavy (non-hydrogen) atoms. The molecule has 0 bridgehead atoms. The van der Waals surface area contributed by atoms with Crippen molar-refractivity contribution in [3.63, 3.8) is 0 Å². The largest absolute Gasteiger partial charge is 0.483 e. The van der Waals surface area contributed by atoms with Crippen molar-refractivity contribution in [1.82, 2.24) is 5.32 Å². The lowest BCUT2D eigenvalue weighted by Gasteiger charge is -2.12. The molecular formula is C20H17BrN2O4S. The second-order valence-corrected chi connectivity index (χ2v) is 8.12. The van der Waals surface area contributed by atoms with Crippen LogP contribution in [0, 0.1) is 13.8 Å². The van der Waals surface area contributed by atoms with Crippen LogP contribution in [0.5, 0.6) is 5.75 Å². The van der Waals surface area contributed by atoms with Crippen molar-refractivity contribution in [1.29, 1.82) is 0 Å². The highest BCUT2D eigenvalue weighted by Gasteiger charge is 2.25. The van der Waals surface area contributed by atoms with E-state index >= 15 is 0 Å². The van der Waals surface area contributed by atoms with E-state index in [0.29, 0.717) is 11.3 Å². The Kier molecular flexibility index (Phi) is 6.21. The summed E-state index contributed by atoms with van der Waals surface area (Å²) in [6.45, 7) is 3.72. The van der Waals surface area contributed by atoms with Gasteiger partial charge in [0.15, 0.2) is 6.61 Å². The van der Waals surface area contributed by atoms with Crippen molar-refractivity contribution in [3.05, 3.63) is 62.5 Å². The average Bonchev–Trinajstić information content (AvgIpc) is 2.94. The molecule has 0 aromatic heterocycles. The van der Waals surface area contributed by atoms with Crippen LogP contribution in [-0.2, 0) is 9.59 Å². The van der Waals surface area contributed by atoms with Gasteiger partial charge in [0.1, 0.15) is 5.75 Å². The molecule has 0 unspecified atom stereocenters. The molecule has 3 amide bonds. The van der Waals surface area contributed by atoms with E-state index in [-0.39, 0.29) is 17.4 Å². The molecule has 2 aromatic carbocycles. The summed E-state index contributed by atoms with van der Waals surface area (Å²) in [4.78, 5) is 35.7. The molecule has 1 fully saturated rings. The van der Waals surface area contributed by atoms with Crippen LogP contribution in [0.4, 0.5) is 10.5 Å². The highest BCUT2D eigenvalue weighted by molar-refractivity contribution is 9.10. The highest BCUT2D eigenvalue weighted by Crippen LogP contribution is 2.31. The van der Waals surface area contributed by atoms with Crippen LogP contribution in [0.15, 0.2) is 45.8 Å². The summed E-state index contributed by atoms with van der Waals surface area (Å²) in [6, 6.07) is 11.0. The number of anilines is 1. The van der Waals surface area contributed by atoms with Crippen LogP contribution in [0.2, 0.25) is 0 Å². The zero-order chi connectivity index (χ0) is 20.3. The molecular weight excluding hydrogens is 444 g/mol. The molecule has 2 aromatic rings. The van der Waals surface area contributed by atoms with E-state index in [1.807, 2.05) is 32.0 Å². The van der Waals surface area contributed by atoms with Gasteiger partial charge in [-0.3, -0.25) is 19.7 Å². The van der Waals surface area contributed by atoms with Crippen LogP contribution >= 0.6 is 27.7 Å². The van der Waals surface area contributed by atoms with Crippen molar-refractivity contribution >= 4 is 56.5 Å². The number of hydrogen-bond acceptors (Lipinski definition) is 5. The topological polar surface area (TPSA) is 84.5 Å². The van der Waals surface area contributed by atoms with Crippen molar-refractivity contribution in [2.24, 2.45) is 0 Å². The van der Waals surface area contributed by atoms with Crippen LogP contribution in [0.3, 0.4) is 0 Å². The number of rotatable bonds is 5. The first kappa shape index (κ1) is 20.2. The lowest BCUT2D eigenvalue weighted by atomic mass is 10.1. The normalized spacial score (nSPS) is 14.9. The standard InChI is InChI=1S/C20H17BrN2O4S/c1-11-3-5-15(12(2)7-11)22-18(24)10-27-16-6-4-14(21)8-13(16)9-17-19(25)23-20(26)28-17/h3-9H,10H2,1-2H3,(H,22,24)(H,23,25,26)/b17-9-. The van der Waals surface area contributed by atoms with Crippen LogP contribution < -0.4 is 15.4 Å². The van der Waals surface area contributed by atoms with Gasteiger partial charge in [-0.05, 0) is 61.5 Å². The van der Waals surface area contributed by atoms with Crippen LogP contribution in [-0.4, -0.2) is 23.7 Å². The van der Waals surface area contributed by atoms with Gasteiger partial charge in [0.2, 0.25) is 0 Å². The second kappa shape index (κ2) is 8.62. The summed E-state index contributed by atoms with van der Waals surface area (Å²) < 4.78 is 6.44. The van der Waals surface area contributed by atoms with Crippen LogP contribution in [0.1, 0.15) is 16.7 Å². The predicted molar refractivity (Wildman–Crippen MR) is 113 cm³/mol. The van der Waals surface area contributed by atoms with Crippen molar-refractivity contribution in [3.8, 4) is 5.75 Å². The SMILES string of the molecule is Cc1ccc(NC(=O)COc2ccc(Br)cc2/C=C2\SC(=O)NC2=O)c(C)c1. The van der Waals surface area contributed by atoms with Gasteiger partial charge in [0.05, 0.1) is 4.91 Å². The molecule has 144 valence electrons. The molecule has 1 aliphatic heterocycles. The average molecular weight is 461 g/mol. The third-order valence-corrected chi connectivity index (χ3v) is 5.22. The van der Waals surface area contributed by atoms with Gasteiger partial charge in [-0.15, -0.1) is 0 Å². The number of thioether (sulfide) groups is 1. The summed E-state index contributed by atoms with van der Waals surface area (Å²) in [7, 11) is 0. The maximum absolute atomic E-state index is 12.3. The number of halogens is 1. The minimum Gasteiger partial charge on any atom is -0.483 e. The molecule has 8 heteroatoms. The molecule has 1 heterocycles. The third-order valence-electron chi connectivity index (χ3n) is 3.92. The highest BCUT2D eigenvalue weighted by atomic mass is 79.9. The van der Waals surface area contributed by atoms with E-state index in [4.69, 9.17) is 4.74 Å². The number of carbonyl (C=O) groups is 3. The zero-order valence-electron chi connectivity index (χ0n) is 15.2. The lowest BCUT2D eigenvalue weighted by Crippen LogP contribution is -2.21. The van der Waals surface area contributed by atoms with E-state index < -0.39 is 11.1 Å². The fraction of sp³-hybridized carbons (Fsp3) is 0.150. The number of imide groups is 1. The predicted octanol–water partition coefficient (Wildman–Crippen LogP) is 4.41. The molecule has 1 saturated heterocycles. The number of carbonyl (C=O) groups excluding carboxylic acids is 3. The number of benzene rings is 2. The summed E-state index contributed by atoms with van der Waals surface area (Å²) in [5, 5.41) is 4.62. The van der Waals surface area contributed by atoms with Crippen LogP contribution in [0.25, 0.3) is 6.08 Å². The summed E-state index contributed by atoms with van der Waals surface area (Å²) >= 11 is 4.20. The molecule has 0 saturated carbocycles. The van der Waals surface area contributed by atoms with Crippen molar-refractivity contribution in [2.45, 2.75) is 13.8 Å². The first-order chi connectivity index (χ1) is 13.3.